The van der Waals surface area contributed by atoms with E-state index in [0.717, 1.165) is 32.6 Å². The van der Waals surface area contributed by atoms with Gasteiger partial charge in [0.15, 0.2) is 6.29 Å². The normalized spacial score (nSPS) is 18.6. The summed E-state index contributed by atoms with van der Waals surface area (Å²) in [6.45, 7) is 11.1. The Kier molecular flexibility index (Phi) is 5.55. The molecule has 1 saturated heterocycles. The lowest BCUT2D eigenvalue weighted by Crippen LogP contribution is -2.34. The van der Waals surface area contributed by atoms with E-state index < -0.39 is 0 Å². The van der Waals surface area contributed by atoms with Crippen LogP contribution in [0.15, 0.2) is 5.38 Å². The zero-order valence-corrected chi connectivity index (χ0v) is 13.8. The Morgan fingerprint density at radius 2 is 2.10 bits per heavy atom. The average Bonchev–Trinajstić information content (AvgIpc) is 2.99. The second kappa shape index (κ2) is 6.98. The summed E-state index contributed by atoms with van der Waals surface area (Å²) >= 11 is 1.76. The lowest BCUT2D eigenvalue weighted by molar-refractivity contribution is -0.0525. The maximum Gasteiger partial charge on any atom is 0.159 e. The monoisotopic (exact) mass is 298 g/mol. The van der Waals surface area contributed by atoms with Crippen molar-refractivity contribution < 1.29 is 9.47 Å². The Balaban J connectivity index is 1.94. The zero-order chi connectivity index (χ0) is 14.6. The van der Waals surface area contributed by atoms with Crippen LogP contribution in [-0.4, -0.2) is 37.1 Å². The highest BCUT2D eigenvalue weighted by Gasteiger charge is 2.23. The molecule has 0 radical (unpaired) electrons. The van der Waals surface area contributed by atoms with E-state index >= 15 is 0 Å². The first-order valence-electron chi connectivity index (χ1n) is 7.40. The molecule has 1 aliphatic rings. The van der Waals surface area contributed by atoms with Crippen molar-refractivity contribution in [2.75, 3.05) is 19.8 Å². The first-order chi connectivity index (χ1) is 9.49. The molecule has 2 rings (SSSR count). The Morgan fingerprint density at radius 1 is 1.40 bits per heavy atom. The fraction of sp³-hybridized carbons (Fsp3) is 0.800. The quantitative estimate of drug-likeness (QED) is 0.877. The highest BCUT2D eigenvalue weighted by atomic mass is 32.1. The van der Waals surface area contributed by atoms with E-state index in [1.165, 1.54) is 10.7 Å². The minimum atomic E-state index is -0.0545. The van der Waals surface area contributed by atoms with Crippen LogP contribution in [-0.2, 0) is 21.3 Å². The van der Waals surface area contributed by atoms with Gasteiger partial charge in [0.2, 0.25) is 0 Å². The molecule has 1 fully saturated rings. The number of ether oxygens (including phenoxy) is 2. The molecule has 1 N–H and O–H groups in total. The topological polar surface area (TPSA) is 43.4 Å². The molecular weight excluding hydrogens is 272 g/mol. The summed E-state index contributed by atoms with van der Waals surface area (Å²) in [5.41, 5.74) is 1.31. The predicted molar refractivity (Wildman–Crippen MR) is 82.3 cm³/mol. The molecule has 20 heavy (non-hydrogen) atoms. The summed E-state index contributed by atoms with van der Waals surface area (Å²) in [7, 11) is 0. The third-order valence-electron chi connectivity index (χ3n) is 3.40. The van der Waals surface area contributed by atoms with Crippen molar-refractivity contribution in [2.45, 2.75) is 58.3 Å². The SMILES string of the molecule is CCNC(Cc1nc(C(C)(C)C)cs1)CC1OCCO1. The van der Waals surface area contributed by atoms with Gasteiger partial charge in [-0.1, -0.05) is 27.7 Å². The molecule has 0 saturated carbocycles. The number of nitrogens with one attached hydrogen (secondary N) is 1. The van der Waals surface area contributed by atoms with Gasteiger partial charge in [0, 0.05) is 29.7 Å². The van der Waals surface area contributed by atoms with Crippen molar-refractivity contribution in [3.05, 3.63) is 16.1 Å². The molecule has 0 spiro atoms. The Labute approximate surface area is 125 Å². The molecule has 114 valence electrons. The molecule has 1 aliphatic heterocycles. The second-order valence-corrected chi connectivity index (χ2v) is 7.18. The summed E-state index contributed by atoms with van der Waals surface area (Å²) in [5, 5.41) is 6.89. The molecule has 0 bridgehead atoms. The smallest absolute Gasteiger partial charge is 0.159 e. The van der Waals surface area contributed by atoms with Gasteiger partial charge in [-0.15, -0.1) is 11.3 Å². The van der Waals surface area contributed by atoms with Crippen LogP contribution in [0.1, 0.15) is 44.8 Å². The van der Waals surface area contributed by atoms with Crippen molar-refractivity contribution >= 4 is 11.3 Å². The van der Waals surface area contributed by atoms with Crippen LogP contribution in [0, 0.1) is 0 Å². The number of nitrogens with zero attached hydrogens (tertiary/aromatic N) is 1. The van der Waals surface area contributed by atoms with Crippen molar-refractivity contribution in [3.8, 4) is 0 Å². The Morgan fingerprint density at radius 3 is 2.65 bits per heavy atom. The molecule has 1 aromatic rings. The van der Waals surface area contributed by atoms with Gasteiger partial charge in [-0.2, -0.15) is 0 Å². The second-order valence-electron chi connectivity index (χ2n) is 6.24. The van der Waals surface area contributed by atoms with Crippen LogP contribution < -0.4 is 5.32 Å². The van der Waals surface area contributed by atoms with Crippen LogP contribution >= 0.6 is 11.3 Å². The van der Waals surface area contributed by atoms with Gasteiger partial charge >= 0.3 is 0 Å². The van der Waals surface area contributed by atoms with E-state index in [9.17, 15) is 0 Å². The fourth-order valence-electron chi connectivity index (χ4n) is 2.26. The van der Waals surface area contributed by atoms with Crippen LogP contribution in [0.25, 0.3) is 0 Å². The van der Waals surface area contributed by atoms with Crippen molar-refractivity contribution in [1.82, 2.24) is 10.3 Å². The zero-order valence-electron chi connectivity index (χ0n) is 12.9. The van der Waals surface area contributed by atoms with Crippen LogP contribution in [0.5, 0.6) is 0 Å². The molecule has 1 unspecified atom stereocenters. The molecule has 0 aliphatic carbocycles. The molecular formula is C15H26N2O2S. The van der Waals surface area contributed by atoms with Crippen LogP contribution in [0.2, 0.25) is 0 Å². The lowest BCUT2D eigenvalue weighted by atomic mass is 9.93. The molecule has 4 nitrogen and oxygen atoms in total. The minimum absolute atomic E-state index is 0.0545. The van der Waals surface area contributed by atoms with E-state index in [1.807, 2.05) is 0 Å². The third kappa shape index (κ3) is 4.52. The van der Waals surface area contributed by atoms with Gasteiger partial charge in [-0.05, 0) is 6.54 Å². The van der Waals surface area contributed by atoms with Crippen molar-refractivity contribution in [1.29, 1.82) is 0 Å². The first-order valence-corrected chi connectivity index (χ1v) is 8.28. The van der Waals surface area contributed by atoms with Crippen molar-refractivity contribution in [3.63, 3.8) is 0 Å². The third-order valence-corrected chi connectivity index (χ3v) is 4.27. The fourth-order valence-corrected chi connectivity index (χ4v) is 3.37. The minimum Gasteiger partial charge on any atom is -0.350 e. The number of aromatic nitrogens is 1. The molecule has 0 aromatic carbocycles. The van der Waals surface area contributed by atoms with E-state index in [-0.39, 0.29) is 11.7 Å². The van der Waals surface area contributed by atoms with E-state index in [0.29, 0.717) is 6.04 Å². The average molecular weight is 298 g/mol. The number of rotatable bonds is 6. The standard InChI is InChI=1S/C15H26N2O2S/c1-5-16-11(9-14-18-6-7-19-14)8-13-17-12(10-20-13)15(2,3)4/h10-11,14,16H,5-9H2,1-4H3. The van der Waals surface area contributed by atoms with Gasteiger partial charge < -0.3 is 14.8 Å². The molecule has 2 heterocycles. The maximum atomic E-state index is 5.55. The number of hydrogen-bond donors (Lipinski definition) is 1. The Hall–Kier alpha value is -0.490. The van der Waals surface area contributed by atoms with Gasteiger partial charge in [0.25, 0.3) is 0 Å². The number of likely N-dealkylation sites (N-methyl/N-ethyl adjacent to an activating group) is 1. The van der Waals surface area contributed by atoms with Gasteiger partial charge in [0.1, 0.15) is 0 Å². The number of thiazole rings is 1. The van der Waals surface area contributed by atoms with Crippen LogP contribution in [0.3, 0.4) is 0 Å². The highest BCUT2D eigenvalue weighted by molar-refractivity contribution is 7.09. The predicted octanol–water partition coefficient (Wildman–Crippen LogP) is 2.72. The Bertz CT molecular complexity index is 408. The van der Waals surface area contributed by atoms with E-state index in [1.54, 1.807) is 11.3 Å². The summed E-state index contributed by atoms with van der Waals surface area (Å²) in [6.07, 6.45) is 1.77. The van der Waals surface area contributed by atoms with Gasteiger partial charge in [-0.25, -0.2) is 4.98 Å². The first kappa shape index (κ1) is 15.9. The summed E-state index contributed by atoms with van der Waals surface area (Å²) in [5.74, 6) is 0. The molecule has 5 heteroatoms. The molecule has 1 aromatic heterocycles. The lowest BCUT2D eigenvalue weighted by Gasteiger charge is -2.20. The molecule has 0 amide bonds. The highest BCUT2D eigenvalue weighted by Crippen LogP contribution is 2.25. The largest absolute Gasteiger partial charge is 0.350 e. The van der Waals surface area contributed by atoms with Crippen LogP contribution in [0.4, 0.5) is 0 Å². The maximum absolute atomic E-state index is 5.55. The van der Waals surface area contributed by atoms with Crippen molar-refractivity contribution in [2.24, 2.45) is 0 Å². The van der Waals surface area contributed by atoms with E-state index in [2.05, 4.69) is 38.4 Å². The summed E-state index contributed by atoms with van der Waals surface area (Å²) < 4.78 is 11.1. The summed E-state index contributed by atoms with van der Waals surface area (Å²) in [6, 6.07) is 0.363. The van der Waals surface area contributed by atoms with E-state index in [4.69, 9.17) is 14.5 Å². The van der Waals surface area contributed by atoms with Gasteiger partial charge in [0.05, 0.1) is 23.9 Å². The van der Waals surface area contributed by atoms with Gasteiger partial charge in [-0.3, -0.25) is 0 Å². The summed E-state index contributed by atoms with van der Waals surface area (Å²) in [4.78, 5) is 4.78. The number of hydrogen-bond acceptors (Lipinski definition) is 5. The molecule has 1 atom stereocenters.